The van der Waals surface area contributed by atoms with Crippen molar-refractivity contribution in [3.63, 3.8) is 0 Å². The summed E-state index contributed by atoms with van der Waals surface area (Å²) >= 11 is 11.9. The van der Waals surface area contributed by atoms with Gasteiger partial charge in [-0.2, -0.15) is 0 Å². The first-order valence-electron chi connectivity index (χ1n) is 6.83. The Morgan fingerprint density at radius 1 is 1.09 bits per heavy atom. The van der Waals surface area contributed by atoms with Gasteiger partial charge in [0.25, 0.3) is 0 Å². The predicted molar refractivity (Wildman–Crippen MR) is 88.2 cm³/mol. The Hall–Kier alpha value is -2.04. The maximum atomic E-state index is 12.0. The van der Waals surface area contributed by atoms with Gasteiger partial charge in [0.05, 0.1) is 13.5 Å². The number of carbonyl (C=O) groups excluding carboxylic acids is 2. The second-order valence-corrected chi connectivity index (χ2v) is 5.54. The first-order valence-corrected chi connectivity index (χ1v) is 7.59. The highest BCUT2D eigenvalue weighted by Gasteiger charge is 2.16. The van der Waals surface area contributed by atoms with Crippen LogP contribution in [0.1, 0.15) is 22.3 Å². The van der Waals surface area contributed by atoms with Crippen LogP contribution in [0.2, 0.25) is 10.0 Å². The number of carbonyl (C=O) groups is 2. The van der Waals surface area contributed by atoms with Gasteiger partial charge in [0.2, 0.25) is 0 Å². The summed E-state index contributed by atoms with van der Waals surface area (Å²) in [5.41, 5.74) is 0.960. The van der Waals surface area contributed by atoms with E-state index in [2.05, 4.69) is 4.74 Å². The van der Waals surface area contributed by atoms with Gasteiger partial charge in [0, 0.05) is 10.0 Å². The molecule has 4 nitrogen and oxygen atoms in total. The minimum Gasteiger partial charge on any atom is -0.465 e. The molecule has 0 heterocycles. The lowest BCUT2D eigenvalue weighted by Crippen LogP contribution is -2.12. The number of aryl methyl sites for hydroxylation is 1. The first kappa shape index (κ1) is 17.3. The van der Waals surface area contributed by atoms with Crippen molar-refractivity contribution in [3.8, 4) is 5.75 Å². The Morgan fingerprint density at radius 2 is 1.83 bits per heavy atom. The van der Waals surface area contributed by atoms with Crippen LogP contribution in [0.5, 0.6) is 5.75 Å². The smallest absolute Gasteiger partial charge is 0.341 e. The van der Waals surface area contributed by atoms with Gasteiger partial charge in [-0.15, -0.1) is 0 Å². The van der Waals surface area contributed by atoms with Gasteiger partial charge in [-0.05, 0) is 36.2 Å². The van der Waals surface area contributed by atoms with Crippen molar-refractivity contribution >= 4 is 35.1 Å². The lowest BCUT2D eigenvalue weighted by molar-refractivity contribution is -0.134. The highest BCUT2D eigenvalue weighted by molar-refractivity contribution is 6.31. The molecule has 0 aromatic heterocycles. The topological polar surface area (TPSA) is 52.6 Å². The highest BCUT2D eigenvalue weighted by Crippen LogP contribution is 2.24. The van der Waals surface area contributed by atoms with Crippen molar-refractivity contribution in [2.24, 2.45) is 0 Å². The van der Waals surface area contributed by atoms with E-state index in [4.69, 9.17) is 27.9 Å². The quantitative estimate of drug-likeness (QED) is 0.593. The zero-order valence-corrected chi connectivity index (χ0v) is 13.9. The van der Waals surface area contributed by atoms with Crippen LogP contribution < -0.4 is 4.74 Å². The molecule has 6 heteroatoms. The lowest BCUT2D eigenvalue weighted by Gasteiger charge is -2.09. The number of hydrogen-bond donors (Lipinski definition) is 0. The van der Waals surface area contributed by atoms with E-state index in [0.29, 0.717) is 16.5 Å². The average molecular weight is 353 g/mol. The molecule has 2 aromatic carbocycles. The van der Waals surface area contributed by atoms with Gasteiger partial charge in [-0.25, -0.2) is 4.79 Å². The molecule has 0 aliphatic heterocycles. The van der Waals surface area contributed by atoms with Crippen LogP contribution >= 0.6 is 23.2 Å². The first-order chi connectivity index (χ1) is 11.0. The third-order valence-electron chi connectivity index (χ3n) is 3.13. The van der Waals surface area contributed by atoms with E-state index in [9.17, 15) is 9.59 Å². The summed E-state index contributed by atoms with van der Waals surface area (Å²) in [5, 5.41) is 0.948. The number of esters is 2. The zero-order valence-electron chi connectivity index (χ0n) is 12.3. The summed E-state index contributed by atoms with van der Waals surface area (Å²) in [4.78, 5) is 23.7. The monoisotopic (exact) mass is 352 g/mol. The summed E-state index contributed by atoms with van der Waals surface area (Å²) in [6, 6.07) is 11.7. The van der Waals surface area contributed by atoms with Crippen molar-refractivity contribution in [3.05, 3.63) is 63.6 Å². The van der Waals surface area contributed by atoms with Crippen LogP contribution in [-0.2, 0) is 16.0 Å². The fourth-order valence-corrected chi connectivity index (χ4v) is 2.37. The Morgan fingerprint density at radius 3 is 2.52 bits per heavy atom. The SMILES string of the molecule is COC(=O)c1cc(Cl)ccc1OC(=O)CCc1ccccc1Cl. The van der Waals surface area contributed by atoms with Crippen molar-refractivity contribution in [1.29, 1.82) is 0 Å². The number of halogens is 2. The second-order valence-electron chi connectivity index (χ2n) is 4.70. The predicted octanol–water partition coefficient (Wildman–Crippen LogP) is 4.32. The standard InChI is InChI=1S/C17H14Cl2O4/c1-22-17(21)13-10-12(18)7-8-15(13)23-16(20)9-6-11-4-2-3-5-14(11)19/h2-5,7-8,10H,6,9H2,1H3. The number of hydrogen-bond acceptors (Lipinski definition) is 4. The summed E-state index contributed by atoms with van der Waals surface area (Å²) in [7, 11) is 1.24. The van der Waals surface area contributed by atoms with E-state index >= 15 is 0 Å². The van der Waals surface area contributed by atoms with Crippen LogP contribution in [0, 0.1) is 0 Å². The highest BCUT2D eigenvalue weighted by atomic mass is 35.5. The number of rotatable bonds is 5. The maximum absolute atomic E-state index is 12.0. The van der Waals surface area contributed by atoms with Gasteiger partial charge >= 0.3 is 11.9 Å². The zero-order chi connectivity index (χ0) is 16.8. The maximum Gasteiger partial charge on any atom is 0.341 e. The summed E-state index contributed by atoms with van der Waals surface area (Å²) in [6.07, 6.45) is 0.576. The van der Waals surface area contributed by atoms with E-state index in [-0.39, 0.29) is 17.7 Å². The molecular formula is C17H14Cl2O4. The minimum absolute atomic E-state index is 0.103. The average Bonchev–Trinajstić information content (AvgIpc) is 2.55. The van der Waals surface area contributed by atoms with Crippen molar-refractivity contribution in [1.82, 2.24) is 0 Å². The second kappa shape index (κ2) is 7.99. The van der Waals surface area contributed by atoms with Gasteiger partial charge < -0.3 is 9.47 Å². The van der Waals surface area contributed by atoms with E-state index < -0.39 is 11.9 Å². The third-order valence-corrected chi connectivity index (χ3v) is 3.73. The van der Waals surface area contributed by atoms with Crippen LogP contribution in [0.3, 0.4) is 0 Å². The van der Waals surface area contributed by atoms with E-state index in [1.165, 1.54) is 25.3 Å². The molecule has 0 aliphatic rings. The number of benzene rings is 2. The molecule has 2 rings (SSSR count). The molecule has 0 unspecified atom stereocenters. The van der Waals surface area contributed by atoms with Crippen molar-refractivity contribution < 1.29 is 19.1 Å². The molecule has 0 atom stereocenters. The molecule has 0 saturated carbocycles. The molecule has 0 saturated heterocycles. The third kappa shape index (κ3) is 4.71. The summed E-state index contributed by atoms with van der Waals surface area (Å²) < 4.78 is 9.90. The van der Waals surface area contributed by atoms with Crippen LogP contribution in [-0.4, -0.2) is 19.0 Å². The molecule has 0 radical (unpaired) electrons. The molecule has 0 fully saturated rings. The van der Waals surface area contributed by atoms with Crippen molar-refractivity contribution in [2.75, 3.05) is 7.11 Å². The van der Waals surface area contributed by atoms with Gasteiger partial charge in [-0.3, -0.25) is 4.79 Å². The van der Waals surface area contributed by atoms with Crippen LogP contribution in [0.4, 0.5) is 0 Å². The van der Waals surface area contributed by atoms with Crippen LogP contribution in [0.15, 0.2) is 42.5 Å². The fraction of sp³-hybridized carbons (Fsp3) is 0.176. The largest absolute Gasteiger partial charge is 0.465 e. The molecule has 0 spiro atoms. The van der Waals surface area contributed by atoms with Gasteiger partial charge in [-0.1, -0.05) is 41.4 Å². The van der Waals surface area contributed by atoms with E-state index in [1.807, 2.05) is 18.2 Å². The molecule has 23 heavy (non-hydrogen) atoms. The van der Waals surface area contributed by atoms with E-state index in [1.54, 1.807) is 6.07 Å². The Balaban J connectivity index is 2.06. The molecule has 0 aliphatic carbocycles. The summed E-state index contributed by atoms with van der Waals surface area (Å²) in [5.74, 6) is -0.982. The molecule has 0 N–H and O–H groups in total. The molecule has 0 bridgehead atoms. The number of ether oxygens (including phenoxy) is 2. The van der Waals surface area contributed by atoms with Crippen LogP contribution in [0.25, 0.3) is 0 Å². The van der Waals surface area contributed by atoms with E-state index in [0.717, 1.165) is 5.56 Å². The van der Waals surface area contributed by atoms with Gasteiger partial charge in [0.15, 0.2) is 0 Å². The normalized spacial score (nSPS) is 10.2. The molecule has 2 aromatic rings. The van der Waals surface area contributed by atoms with Gasteiger partial charge in [0.1, 0.15) is 11.3 Å². The lowest BCUT2D eigenvalue weighted by atomic mass is 10.1. The molecule has 0 amide bonds. The Kier molecular flexibility index (Phi) is 6.02. The fourth-order valence-electron chi connectivity index (χ4n) is 1.97. The van der Waals surface area contributed by atoms with Crippen molar-refractivity contribution in [2.45, 2.75) is 12.8 Å². The molecule has 120 valence electrons. The Labute approximate surface area is 143 Å². The summed E-state index contributed by atoms with van der Waals surface area (Å²) in [6.45, 7) is 0. The Bertz CT molecular complexity index is 728. The minimum atomic E-state index is -0.624. The molecular weight excluding hydrogens is 339 g/mol. The number of methoxy groups -OCH3 is 1.